The second kappa shape index (κ2) is 15.2. The molecule has 1 atom stereocenters. The van der Waals surface area contributed by atoms with E-state index in [2.05, 4.69) is 121 Å². The molecule has 0 amide bonds. The number of anilines is 1. The summed E-state index contributed by atoms with van der Waals surface area (Å²) >= 11 is -2.05. The Morgan fingerprint density at radius 3 is 2.04 bits per heavy atom. The molecule has 5 nitrogen and oxygen atoms in total. The first kappa shape index (κ1) is 37.0. The Hall–Kier alpha value is -2.79. The summed E-state index contributed by atoms with van der Waals surface area (Å²) in [6.45, 7) is 22.7. The Kier molecular flexibility index (Phi) is 12.0. The van der Waals surface area contributed by atoms with Crippen LogP contribution in [0.15, 0.2) is 78.9 Å². The molecule has 254 valence electrons. The molecule has 1 heterocycles. The van der Waals surface area contributed by atoms with Crippen LogP contribution in [0.4, 0.5) is 11.4 Å². The van der Waals surface area contributed by atoms with Crippen molar-refractivity contribution in [3.8, 4) is 5.75 Å². The standard InChI is InChI=1S/C29H36N.C10H11NO3.2ClH.Ru/c1-20(2)25-13-10-14-26(21(3)4)27(25)30-19-29(7,18-28(30,5)6)24-16-15-22-11-8-9-12-23(22)17-24;1-7(2)14-10-5-4-9(11(12)13)6-8(10)3;;;/h8-17,19-21H,18H2,1-7H3;3-7H,1-2H3;2*1H;/q-1;;;;+2/p-2. The molecule has 0 aromatic heterocycles. The van der Waals surface area contributed by atoms with Gasteiger partial charge in [0, 0.05) is 11.2 Å². The molecular formula is C39H47Cl2N2O3Ru-. The quantitative estimate of drug-likeness (QED) is 0.0776. The third-order valence-corrected chi connectivity index (χ3v) is 10.4. The van der Waals surface area contributed by atoms with E-state index in [4.69, 9.17) is 24.1 Å². The van der Waals surface area contributed by atoms with Crippen LogP contribution in [-0.2, 0) is 18.9 Å². The maximum absolute atomic E-state index is 10.7. The molecular weight excluding hydrogens is 716 g/mol. The van der Waals surface area contributed by atoms with Gasteiger partial charge in [0.15, 0.2) is 0 Å². The number of benzene rings is 4. The van der Waals surface area contributed by atoms with Crippen molar-refractivity contribution in [3.63, 3.8) is 0 Å². The van der Waals surface area contributed by atoms with Crippen LogP contribution in [0, 0.1) is 16.7 Å². The zero-order chi connectivity index (χ0) is 34.7. The van der Waals surface area contributed by atoms with E-state index in [1.54, 1.807) is 10.7 Å². The summed E-state index contributed by atoms with van der Waals surface area (Å²) in [7, 11) is 11.6. The molecule has 5 rings (SSSR count). The molecule has 0 bridgehead atoms. The van der Waals surface area contributed by atoms with Gasteiger partial charge in [-0.25, -0.2) is 6.54 Å². The van der Waals surface area contributed by atoms with Crippen LogP contribution in [0.5, 0.6) is 5.75 Å². The van der Waals surface area contributed by atoms with E-state index in [1.807, 2.05) is 13.8 Å². The van der Waals surface area contributed by atoms with Crippen LogP contribution in [-0.4, -0.2) is 21.2 Å². The first-order valence-corrected chi connectivity index (χ1v) is 21.6. The average Bonchev–Trinajstić information content (AvgIpc) is 3.25. The van der Waals surface area contributed by atoms with Gasteiger partial charge in [0.05, 0.1) is 0 Å². The summed E-state index contributed by atoms with van der Waals surface area (Å²) in [5.41, 5.74) is 6.37. The number of ether oxygens (including phenoxy) is 1. The largest absolute Gasteiger partial charge is 0.517 e. The maximum Gasteiger partial charge on any atom is 0.0145 e. The normalized spacial score (nSPS) is 17.6. The van der Waals surface area contributed by atoms with E-state index in [1.165, 1.54) is 45.3 Å². The molecule has 4 aromatic carbocycles. The number of nitrogens with zero attached hydrogens (tertiary/aromatic N) is 2. The van der Waals surface area contributed by atoms with E-state index in [-0.39, 0.29) is 22.7 Å². The van der Waals surface area contributed by atoms with Gasteiger partial charge < -0.3 is 4.90 Å². The van der Waals surface area contributed by atoms with Crippen molar-refractivity contribution in [3.05, 3.63) is 118 Å². The number of hydrogen-bond acceptors (Lipinski definition) is 4. The van der Waals surface area contributed by atoms with Gasteiger partial charge in [-0.3, -0.25) is 0 Å². The first-order chi connectivity index (χ1) is 22.0. The summed E-state index contributed by atoms with van der Waals surface area (Å²) in [6.07, 6.45) is 1.08. The summed E-state index contributed by atoms with van der Waals surface area (Å²) in [5, 5.41) is 13.3. The van der Waals surface area contributed by atoms with Crippen molar-refractivity contribution in [2.24, 2.45) is 0 Å². The van der Waals surface area contributed by atoms with Gasteiger partial charge in [0.25, 0.3) is 0 Å². The van der Waals surface area contributed by atoms with Crippen molar-refractivity contribution < 1.29 is 23.2 Å². The SMILES string of the molecule is CC(C)Oc1ccc([N+](=O)[O-])cc1[CH]=[Ru]([Cl])[Cl].CC(C)c1cccc(C(C)C)c1N1[CH-]C(C)(c2ccc3ccccc3c2)CC1(C)C. The number of hydrogen-bond donors (Lipinski definition) is 0. The van der Waals surface area contributed by atoms with Crippen LogP contribution >= 0.6 is 19.4 Å². The van der Waals surface area contributed by atoms with E-state index in [9.17, 15) is 10.1 Å². The van der Waals surface area contributed by atoms with Gasteiger partial charge in [0.1, 0.15) is 0 Å². The number of nitro benzene ring substituents is 1. The van der Waals surface area contributed by atoms with Crippen LogP contribution in [0.25, 0.3) is 10.8 Å². The summed E-state index contributed by atoms with van der Waals surface area (Å²) in [4.78, 5) is 12.8. The molecule has 0 aliphatic carbocycles. The molecule has 1 aliphatic heterocycles. The van der Waals surface area contributed by atoms with Crippen molar-refractivity contribution >= 4 is 46.1 Å². The fourth-order valence-corrected chi connectivity index (χ4v) is 8.33. The van der Waals surface area contributed by atoms with Crippen molar-refractivity contribution in [2.75, 3.05) is 4.90 Å². The molecule has 1 unspecified atom stereocenters. The zero-order valence-electron chi connectivity index (χ0n) is 28.8. The third kappa shape index (κ3) is 8.82. The molecule has 0 spiro atoms. The molecule has 1 aliphatic rings. The first-order valence-electron chi connectivity index (χ1n) is 16.1. The minimum atomic E-state index is -2.05. The summed E-state index contributed by atoms with van der Waals surface area (Å²) in [6, 6.07) is 26.9. The van der Waals surface area contributed by atoms with E-state index >= 15 is 0 Å². The van der Waals surface area contributed by atoms with Gasteiger partial charge in [-0.1, -0.05) is 101 Å². The molecule has 0 radical (unpaired) electrons. The van der Waals surface area contributed by atoms with E-state index < -0.39 is 18.4 Å². The molecule has 47 heavy (non-hydrogen) atoms. The van der Waals surface area contributed by atoms with Gasteiger partial charge in [0.2, 0.25) is 0 Å². The molecule has 1 fully saturated rings. The Morgan fingerprint density at radius 2 is 1.49 bits per heavy atom. The average molecular weight is 764 g/mol. The van der Waals surface area contributed by atoms with Crippen molar-refractivity contribution in [1.82, 2.24) is 0 Å². The Labute approximate surface area is 293 Å². The van der Waals surface area contributed by atoms with Gasteiger partial charge >= 0.3 is 112 Å². The van der Waals surface area contributed by atoms with Crippen LogP contribution in [0.3, 0.4) is 0 Å². The number of halogens is 2. The third-order valence-electron chi connectivity index (χ3n) is 8.61. The van der Waals surface area contributed by atoms with Gasteiger partial charge in [-0.2, -0.15) is 0 Å². The minimum Gasteiger partial charge on any atom is -0.517 e. The number of nitro groups is 1. The van der Waals surface area contributed by atoms with Crippen LogP contribution in [0.2, 0.25) is 0 Å². The molecule has 0 saturated carbocycles. The second-order valence-corrected chi connectivity index (χ2v) is 19.7. The summed E-state index contributed by atoms with van der Waals surface area (Å²) < 4.78 is 7.17. The molecule has 8 heteroatoms. The molecule has 0 N–H and O–H groups in total. The monoisotopic (exact) mass is 763 g/mol. The zero-order valence-corrected chi connectivity index (χ0v) is 32.1. The number of para-hydroxylation sites is 1. The summed E-state index contributed by atoms with van der Waals surface area (Å²) in [5.74, 6) is 1.55. The maximum atomic E-state index is 10.7. The van der Waals surface area contributed by atoms with Crippen molar-refractivity contribution in [1.29, 1.82) is 0 Å². The molecule has 4 aromatic rings. The Balaban J connectivity index is 0.000000251. The second-order valence-electron chi connectivity index (χ2n) is 14.0. The Morgan fingerprint density at radius 1 is 0.872 bits per heavy atom. The smallest absolute Gasteiger partial charge is 0.0145 e. The fraction of sp³-hybridized carbons (Fsp3) is 0.385. The topological polar surface area (TPSA) is 55.6 Å². The Bertz CT molecular complexity index is 1740. The van der Waals surface area contributed by atoms with Crippen molar-refractivity contribution in [2.45, 2.75) is 97.6 Å². The number of non-ortho nitro benzene ring substituents is 1. The van der Waals surface area contributed by atoms with Gasteiger partial charge in [-0.15, -0.1) is 5.41 Å². The molecule has 1 saturated heterocycles. The minimum absolute atomic E-state index is 0.00360. The van der Waals surface area contributed by atoms with Crippen LogP contribution < -0.4 is 9.64 Å². The fourth-order valence-electron chi connectivity index (χ4n) is 6.54. The van der Waals surface area contributed by atoms with E-state index in [0.717, 1.165) is 6.42 Å². The number of rotatable bonds is 8. The number of fused-ring (bicyclic) bond motifs is 1. The predicted octanol–water partition coefficient (Wildman–Crippen LogP) is 11.7. The predicted molar refractivity (Wildman–Crippen MR) is 197 cm³/mol. The van der Waals surface area contributed by atoms with Crippen LogP contribution in [0.1, 0.15) is 103 Å². The van der Waals surface area contributed by atoms with Gasteiger partial charge in [-0.05, 0) is 54.0 Å². The van der Waals surface area contributed by atoms with E-state index in [0.29, 0.717) is 23.1 Å².